The zero-order valence-corrected chi connectivity index (χ0v) is 13.5. The quantitative estimate of drug-likeness (QED) is 0.894. The molecule has 1 aliphatic rings. The Labute approximate surface area is 137 Å². The Hall–Kier alpha value is -2.01. The molecule has 0 unspecified atom stereocenters. The number of carbonyl (C=O) groups excluding carboxylic acids is 1. The molecule has 0 spiro atoms. The number of benzene rings is 2. The van der Waals surface area contributed by atoms with Gasteiger partial charge in [-0.15, -0.1) is 0 Å². The number of amides is 1. The van der Waals surface area contributed by atoms with Crippen LogP contribution in [0.15, 0.2) is 53.0 Å². The molecule has 0 saturated carbocycles. The predicted molar refractivity (Wildman–Crippen MR) is 88.4 cm³/mol. The molecule has 1 heterocycles. The number of hydrogen-bond acceptors (Lipinski definition) is 3. The van der Waals surface area contributed by atoms with Crippen molar-refractivity contribution in [3.05, 3.63) is 53.0 Å². The minimum atomic E-state index is -0.0921. The molecule has 1 N–H and O–H groups in total. The van der Waals surface area contributed by atoms with Gasteiger partial charge in [-0.25, -0.2) is 0 Å². The number of rotatable bonds is 4. The van der Waals surface area contributed by atoms with Gasteiger partial charge in [0, 0.05) is 16.6 Å². The van der Waals surface area contributed by atoms with E-state index in [-0.39, 0.29) is 12.0 Å². The summed E-state index contributed by atoms with van der Waals surface area (Å²) in [7, 11) is 0. The standard InChI is InChI=1S/C17H16BrNO3/c18-12-5-7-13(8-6-12)19-17(20)10-9-14-11-21-15-3-1-2-4-16(15)22-14/h1-8,14H,9-11H2,(H,19,20)/t14-/m1/s1. The first kappa shape index (κ1) is 14.9. The molecule has 1 aliphatic heterocycles. The molecular formula is C17H16BrNO3. The van der Waals surface area contributed by atoms with Crippen LogP contribution in [0.2, 0.25) is 0 Å². The van der Waals surface area contributed by atoms with Gasteiger partial charge < -0.3 is 14.8 Å². The highest BCUT2D eigenvalue weighted by Gasteiger charge is 2.21. The van der Waals surface area contributed by atoms with Crippen molar-refractivity contribution in [2.75, 3.05) is 11.9 Å². The van der Waals surface area contributed by atoms with Crippen LogP contribution in [0, 0.1) is 0 Å². The zero-order valence-electron chi connectivity index (χ0n) is 11.9. The molecule has 4 nitrogen and oxygen atoms in total. The second-order valence-corrected chi connectivity index (χ2v) is 6.01. The summed E-state index contributed by atoms with van der Waals surface area (Å²) in [6.07, 6.45) is 0.925. The van der Waals surface area contributed by atoms with Gasteiger partial charge in [0.25, 0.3) is 0 Å². The Morgan fingerprint density at radius 3 is 2.64 bits per heavy atom. The third kappa shape index (κ3) is 3.80. The maximum Gasteiger partial charge on any atom is 0.224 e. The van der Waals surface area contributed by atoms with Gasteiger partial charge in [-0.3, -0.25) is 4.79 Å². The van der Waals surface area contributed by atoms with Crippen LogP contribution in [0.25, 0.3) is 0 Å². The van der Waals surface area contributed by atoms with Gasteiger partial charge in [0.15, 0.2) is 11.5 Å². The van der Waals surface area contributed by atoms with Crippen LogP contribution in [-0.2, 0) is 4.79 Å². The molecule has 0 saturated heterocycles. The van der Waals surface area contributed by atoms with Crippen molar-refractivity contribution in [2.45, 2.75) is 18.9 Å². The molecule has 2 aromatic carbocycles. The number of ether oxygens (including phenoxy) is 2. The van der Waals surface area contributed by atoms with E-state index >= 15 is 0 Å². The number of hydrogen-bond donors (Lipinski definition) is 1. The summed E-state index contributed by atoms with van der Waals surface area (Å²) in [6, 6.07) is 15.1. The normalized spacial score (nSPS) is 16.1. The maximum atomic E-state index is 12.0. The van der Waals surface area contributed by atoms with E-state index in [0.717, 1.165) is 21.7 Å². The van der Waals surface area contributed by atoms with Crippen molar-refractivity contribution in [1.29, 1.82) is 0 Å². The Balaban J connectivity index is 1.49. The van der Waals surface area contributed by atoms with Crippen LogP contribution in [0.3, 0.4) is 0 Å². The Kier molecular flexibility index (Phi) is 4.63. The lowest BCUT2D eigenvalue weighted by Crippen LogP contribution is -2.30. The summed E-state index contributed by atoms with van der Waals surface area (Å²) in [5.74, 6) is 1.48. The molecule has 0 fully saturated rings. The van der Waals surface area contributed by atoms with E-state index in [4.69, 9.17) is 9.47 Å². The topological polar surface area (TPSA) is 47.6 Å². The molecule has 2 aromatic rings. The van der Waals surface area contributed by atoms with E-state index in [1.807, 2.05) is 48.5 Å². The van der Waals surface area contributed by atoms with Gasteiger partial charge in [0.05, 0.1) is 0 Å². The van der Waals surface area contributed by atoms with Gasteiger partial charge in [-0.05, 0) is 42.8 Å². The van der Waals surface area contributed by atoms with Crippen LogP contribution >= 0.6 is 15.9 Å². The van der Waals surface area contributed by atoms with Crippen molar-refractivity contribution in [1.82, 2.24) is 0 Å². The fourth-order valence-electron chi connectivity index (χ4n) is 2.25. The van der Waals surface area contributed by atoms with Crippen molar-refractivity contribution in [2.24, 2.45) is 0 Å². The van der Waals surface area contributed by atoms with E-state index < -0.39 is 0 Å². The van der Waals surface area contributed by atoms with E-state index in [2.05, 4.69) is 21.2 Å². The molecular weight excluding hydrogens is 346 g/mol. The summed E-state index contributed by atoms with van der Waals surface area (Å²) in [5.41, 5.74) is 0.791. The maximum absolute atomic E-state index is 12.0. The lowest BCUT2D eigenvalue weighted by Gasteiger charge is -2.26. The molecule has 0 radical (unpaired) electrons. The fourth-order valence-corrected chi connectivity index (χ4v) is 2.52. The summed E-state index contributed by atoms with van der Waals surface area (Å²) >= 11 is 3.36. The highest BCUT2D eigenvalue weighted by Crippen LogP contribution is 2.31. The van der Waals surface area contributed by atoms with E-state index in [1.54, 1.807) is 0 Å². The van der Waals surface area contributed by atoms with E-state index in [9.17, 15) is 4.79 Å². The molecule has 5 heteroatoms. The number of anilines is 1. The highest BCUT2D eigenvalue weighted by atomic mass is 79.9. The molecule has 0 bridgehead atoms. The number of nitrogens with one attached hydrogen (secondary N) is 1. The van der Waals surface area contributed by atoms with Crippen LogP contribution in [0.1, 0.15) is 12.8 Å². The fraction of sp³-hybridized carbons (Fsp3) is 0.235. The summed E-state index contributed by atoms with van der Waals surface area (Å²) in [5, 5.41) is 2.87. The monoisotopic (exact) mass is 361 g/mol. The molecule has 22 heavy (non-hydrogen) atoms. The number of para-hydroxylation sites is 2. The SMILES string of the molecule is O=C(CC[C@@H]1COc2ccccc2O1)Nc1ccc(Br)cc1. The highest BCUT2D eigenvalue weighted by molar-refractivity contribution is 9.10. The second kappa shape index (κ2) is 6.83. The first-order valence-corrected chi connectivity index (χ1v) is 7.94. The summed E-state index contributed by atoms with van der Waals surface area (Å²) in [6.45, 7) is 0.475. The van der Waals surface area contributed by atoms with Gasteiger partial charge in [-0.1, -0.05) is 28.1 Å². The number of carbonyl (C=O) groups is 1. The smallest absolute Gasteiger partial charge is 0.224 e. The largest absolute Gasteiger partial charge is 0.486 e. The zero-order chi connectivity index (χ0) is 15.4. The third-order valence-electron chi connectivity index (χ3n) is 3.39. The third-order valence-corrected chi connectivity index (χ3v) is 3.92. The van der Waals surface area contributed by atoms with Crippen molar-refractivity contribution in [3.8, 4) is 11.5 Å². The van der Waals surface area contributed by atoms with Crippen LogP contribution in [0.4, 0.5) is 5.69 Å². The Morgan fingerprint density at radius 2 is 1.86 bits per heavy atom. The molecule has 3 rings (SSSR count). The average Bonchev–Trinajstić information content (AvgIpc) is 2.55. The lowest BCUT2D eigenvalue weighted by molar-refractivity contribution is -0.116. The number of fused-ring (bicyclic) bond motifs is 1. The molecule has 1 atom stereocenters. The van der Waals surface area contributed by atoms with E-state index in [1.165, 1.54) is 0 Å². The van der Waals surface area contributed by atoms with Gasteiger partial charge >= 0.3 is 0 Å². The first-order valence-electron chi connectivity index (χ1n) is 7.14. The van der Waals surface area contributed by atoms with Crippen molar-refractivity contribution < 1.29 is 14.3 Å². The molecule has 0 aliphatic carbocycles. The van der Waals surface area contributed by atoms with Crippen molar-refractivity contribution >= 4 is 27.5 Å². The minimum absolute atomic E-state index is 0.0234. The summed E-state index contributed by atoms with van der Waals surface area (Å²) < 4.78 is 12.5. The van der Waals surface area contributed by atoms with Gasteiger partial charge in [0.2, 0.25) is 5.91 Å². The minimum Gasteiger partial charge on any atom is -0.486 e. The predicted octanol–water partition coefficient (Wildman–Crippen LogP) is 4.01. The van der Waals surface area contributed by atoms with Crippen LogP contribution < -0.4 is 14.8 Å². The average molecular weight is 362 g/mol. The van der Waals surface area contributed by atoms with Crippen LogP contribution in [-0.4, -0.2) is 18.6 Å². The van der Waals surface area contributed by atoms with Gasteiger partial charge in [-0.2, -0.15) is 0 Å². The number of halogens is 1. The Morgan fingerprint density at radius 1 is 1.14 bits per heavy atom. The van der Waals surface area contributed by atoms with Crippen LogP contribution in [0.5, 0.6) is 11.5 Å². The molecule has 114 valence electrons. The van der Waals surface area contributed by atoms with Crippen molar-refractivity contribution in [3.63, 3.8) is 0 Å². The van der Waals surface area contributed by atoms with E-state index in [0.29, 0.717) is 19.4 Å². The Bertz CT molecular complexity index is 657. The summed E-state index contributed by atoms with van der Waals surface area (Å²) in [4.78, 5) is 12.0. The molecule has 0 aromatic heterocycles. The lowest BCUT2D eigenvalue weighted by atomic mass is 10.1. The second-order valence-electron chi connectivity index (χ2n) is 5.09. The molecule has 1 amide bonds. The van der Waals surface area contributed by atoms with Gasteiger partial charge in [0.1, 0.15) is 12.7 Å². The first-order chi connectivity index (χ1) is 10.7.